The summed E-state index contributed by atoms with van der Waals surface area (Å²) in [7, 11) is 0. The first-order chi connectivity index (χ1) is 20.9. The second kappa shape index (κ2) is 7.47. The average molecular weight is 548 g/mol. The smallest absolute Gasteiger partial charge is 0.333 e. The van der Waals surface area contributed by atoms with Crippen LogP contribution in [0.25, 0.3) is 60.2 Å². The molecule has 11 rings (SSSR count). The first kappa shape index (κ1) is 21.8. The summed E-state index contributed by atoms with van der Waals surface area (Å²) in [6.45, 7) is 0.0714. The summed E-state index contributed by atoms with van der Waals surface area (Å²) in [6, 6.07) is 47.7. The summed E-state index contributed by atoms with van der Waals surface area (Å²) in [4.78, 5) is 5.30. The van der Waals surface area contributed by atoms with Gasteiger partial charge in [-0.05, 0) is 68.4 Å². The Kier molecular flexibility index (Phi) is 3.87. The molecule has 0 amide bonds. The van der Waals surface area contributed by atoms with Gasteiger partial charge in [0.05, 0.1) is 16.7 Å². The van der Waals surface area contributed by atoms with Crippen LogP contribution in [0.1, 0.15) is 0 Å². The predicted molar refractivity (Wildman–Crippen MR) is 179 cm³/mol. The third-order valence-corrected chi connectivity index (χ3v) is 10.8. The van der Waals surface area contributed by atoms with Gasteiger partial charge >= 0.3 is 6.85 Å². The van der Waals surface area contributed by atoms with E-state index >= 15 is 0 Å². The van der Waals surface area contributed by atoms with Gasteiger partial charge in [0.1, 0.15) is 0 Å². The number of para-hydroxylation sites is 3. The zero-order valence-electron chi connectivity index (χ0n) is 22.5. The van der Waals surface area contributed by atoms with Crippen molar-refractivity contribution >= 4 is 84.3 Å². The summed E-state index contributed by atoms with van der Waals surface area (Å²) >= 11 is 1.90. The predicted octanol–water partition coefficient (Wildman–Crippen LogP) is 8.79. The Bertz CT molecular complexity index is 2530. The summed E-state index contributed by atoms with van der Waals surface area (Å²) in [5.41, 5.74) is 12.0. The molecule has 192 valence electrons. The van der Waals surface area contributed by atoms with E-state index in [0.717, 1.165) is 0 Å². The van der Waals surface area contributed by atoms with Crippen LogP contribution in [0.4, 0.5) is 11.4 Å². The minimum absolute atomic E-state index is 0.0714. The molecule has 0 bridgehead atoms. The Balaban J connectivity index is 1.41. The van der Waals surface area contributed by atoms with E-state index < -0.39 is 0 Å². The van der Waals surface area contributed by atoms with Crippen molar-refractivity contribution in [3.05, 3.63) is 127 Å². The number of nitrogens with zero attached hydrogens (tertiary/aromatic N) is 2. The van der Waals surface area contributed by atoms with Crippen molar-refractivity contribution in [1.29, 1.82) is 0 Å². The van der Waals surface area contributed by atoms with Crippen LogP contribution in [0, 0.1) is 0 Å². The summed E-state index contributed by atoms with van der Waals surface area (Å²) in [5, 5.41) is 7.90. The third-order valence-electron chi connectivity index (χ3n) is 9.70. The maximum atomic E-state index is 2.66. The molecule has 4 heteroatoms. The Hall–Kier alpha value is -4.93. The fourth-order valence-electron chi connectivity index (χ4n) is 8.16. The quantitative estimate of drug-likeness (QED) is 0.175. The number of hydrogen-bond acceptors (Lipinski definition) is 2. The third kappa shape index (κ3) is 2.44. The van der Waals surface area contributed by atoms with Crippen molar-refractivity contribution in [2.24, 2.45) is 0 Å². The van der Waals surface area contributed by atoms with Gasteiger partial charge in [0.25, 0.3) is 0 Å². The molecule has 1 aromatic heterocycles. The van der Waals surface area contributed by atoms with Gasteiger partial charge in [-0.1, -0.05) is 109 Å². The van der Waals surface area contributed by atoms with Gasteiger partial charge in [0.2, 0.25) is 0 Å². The van der Waals surface area contributed by atoms with Crippen molar-refractivity contribution in [3.63, 3.8) is 0 Å². The molecule has 0 N–H and O–H groups in total. The van der Waals surface area contributed by atoms with E-state index in [4.69, 9.17) is 0 Å². The Morgan fingerprint density at radius 1 is 0.571 bits per heavy atom. The van der Waals surface area contributed by atoms with Crippen molar-refractivity contribution in [3.8, 4) is 16.8 Å². The SMILES string of the molecule is c1ccc2c(c1)Sc1cccc3c1N2B1c2c(cc4ccccc4c2-3)-n2c3ccc4ccccc4c3c3cccc1c32. The number of rotatable bonds is 0. The van der Waals surface area contributed by atoms with Gasteiger partial charge in [-0.25, -0.2) is 0 Å². The maximum absolute atomic E-state index is 2.66. The van der Waals surface area contributed by atoms with Crippen molar-refractivity contribution in [1.82, 2.24) is 4.57 Å². The molecule has 0 spiro atoms. The zero-order valence-corrected chi connectivity index (χ0v) is 23.3. The zero-order chi connectivity index (χ0) is 27.1. The monoisotopic (exact) mass is 548 g/mol. The second-order valence-electron chi connectivity index (χ2n) is 11.7. The topological polar surface area (TPSA) is 8.17 Å². The molecule has 0 radical (unpaired) electrons. The van der Waals surface area contributed by atoms with Crippen LogP contribution in [0.15, 0.2) is 137 Å². The lowest BCUT2D eigenvalue weighted by Crippen LogP contribution is -2.61. The second-order valence-corrected chi connectivity index (χ2v) is 12.7. The van der Waals surface area contributed by atoms with Gasteiger partial charge in [0.15, 0.2) is 0 Å². The number of hydrogen-bond donors (Lipinski definition) is 0. The molecule has 8 aromatic rings. The molecule has 0 atom stereocenters. The fourth-order valence-corrected chi connectivity index (χ4v) is 9.27. The minimum atomic E-state index is 0.0714. The average Bonchev–Trinajstić information content (AvgIpc) is 3.39. The van der Waals surface area contributed by atoms with E-state index in [2.05, 4.69) is 137 Å². The van der Waals surface area contributed by atoms with E-state index in [1.165, 1.54) is 92.3 Å². The van der Waals surface area contributed by atoms with Gasteiger partial charge in [-0.15, -0.1) is 0 Å². The highest BCUT2D eigenvalue weighted by molar-refractivity contribution is 7.99. The van der Waals surface area contributed by atoms with E-state index in [1.807, 2.05) is 11.8 Å². The lowest BCUT2D eigenvalue weighted by Gasteiger charge is -2.45. The summed E-state index contributed by atoms with van der Waals surface area (Å²) in [5.74, 6) is 0. The van der Waals surface area contributed by atoms with Crippen LogP contribution in [0.2, 0.25) is 0 Å². The Morgan fingerprint density at radius 3 is 2.29 bits per heavy atom. The molecule has 42 heavy (non-hydrogen) atoms. The highest BCUT2D eigenvalue weighted by atomic mass is 32.2. The maximum Gasteiger partial charge on any atom is 0.333 e. The van der Waals surface area contributed by atoms with Gasteiger partial charge in [-0.2, -0.15) is 0 Å². The van der Waals surface area contributed by atoms with E-state index in [9.17, 15) is 0 Å². The van der Waals surface area contributed by atoms with Crippen LogP contribution < -0.4 is 15.7 Å². The Morgan fingerprint density at radius 2 is 1.33 bits per heavy atom. The number of aromatic nitrogens is 1. The lowest BCUT2D eigenvalue weighted by atomic mass is 9.43. The molecule has 7 aromatic carbocycles. The standard InChI is InChI=1S/C38H21BN2S/c1-3-11-24-22(9-1)19-20-30-34(24)26-13-7-15-28-37(26)40(30)31-21-23-10-2-4-12-25(23)35-27-14-8-18-33-38(27)41(39(28)36(31)35)29-16-5-6-17-32(29)42-33/h1-21H. The van der Waals surface area contributed by atoms with Crippen LogP contribution in [-0.4, -0.2) is 11.4 Å². The normalized spacial score (nSPS) is 14.0. The van der Waals surface area contributed by atoms with Crippen molar-refractivity contribution < 1.29 is 0 Å². The van der Waals surface area contributed by atoms with Gasteiger partial charge < -0.3 is 9.38 Å². The van der Waals surface area contributed by atoms with Crippen molar-refractivity contribution in [2.75, 3.05) is 4.81 Å². The van der Waals surface area contributed by atoms with Crippen LogP contribution in [0.3, 0.4) is 0 Å². The molecule has 0 saturated heterocycles. The van der Waals surface area contributed by atoms with E-state index in [0.29, 0.717) is 0 Å². The Labute approximate surface area is 246 Å². The van der Waals surface area contributed by atoms with E-state index in [-0.39, 0.29) is 6.85 Å². The van der Waals surface area contributed by atoms with Crippen LogP contribution >= 0.6 is 11.8 Å². The molecule has 0 fully saturated rings. The molecule has 0 unspecified atom stereocenters. The number of anilines is 2. The fraction of sp³-hybridized carbons (Fsp3) is 0. The molecular weight excluding hydrogens is 527 g/mol. The van der Waals surface area contributed by atoms with Gasteiger partial charge in [0, 0.05) is 37.5 Å². The molecule has 3 aliphatic heterocycles. The lowest BCUT2D eigenvalue weighted by molar-refractivity contribution is 1.17. The highest BCUT2D eigenvalue weighted by Gasteiger charge is 2.46. The molecule has 3 aliphatic rings. The molecular formula is C38H21BN2S. The highest BCUT2D eigenvalue weighted by Crippen LogP contribution is 2.55. The minimum Gasteiger partial charge on any atom is -0.374 e. The first-order valence-corrected chi connectivity index (χ1v) is 15.4. The number of fused-ring (bicyclic) bond motifs is 13. The summed E-state index contributed by atoms with van der Waals surface area (Å²) in [6.07, 6.45) is 0. The largest absolute Gasteiger partial charge is 0.374 e. The van der Waals surface area contributed by atoms with E-state index in [1.54, 1.807) is 0 Å². The molecule has 2 nitrogen and oxygen atoms in total. The van der Waals surface area contributed by atoms with Gasteiger partial charge in [-0.3, -0.25) is 0 Å². The van der Waals surface area contributed by atoms with Crippen LogP contribution in [0.5, 0.6) is 0 Å². The first-order valence-electron chi connectivity index (χ1n) is 14.6. The molecule has 4 heterocycles. The number of benzene rings is 7. The molecule has 0 saturated carbocycles. The van der Waals surface area contributed by atoms with Crippen molar-refractivity contribution in [2.45, 2.75) is 9.79 Å². The summed E-state index contributed by atoms with van der Waals surface area (Å²) < 4.78 is 2.58. The molecule has 0 aliphatic carbocycles. The van der Waals surface area contributed by atoms with Crippen LogP contribution in [-0.2, 0) is 0 Å².